The van der Waals surface area contributed by atoms with E-state index in [4.69, 9.17) is 5.11 Å². The first-order chi connectivity index (χ1) is 5.50. The minimum atomic E-state index is -0.880. The molecule has 4 nitrogen and oxygen atoms in total. The predicted molar refractivity (Wildman–Crippen MR) is 45.0 cm³/mol. The van der Waals surface area contributed by atoms with Gasteiger partial charge in [0.15, 0.2) is 0 Å². The quantitative estimate of drug-likeness (QED) is 0.604. The van der Waals surface area contributed by atoms with Gasteiger partial charge in [0.05, 0.1) is 0 Å². The van der Waals surface area contributed by atoms with Gasteiger partial charge in [-0.25, -0.2) is 0 Å². The topological polar surface area (TPSA) is 57.6 Å². The van der Waals surface area contributed by atoms with E-state index in [2.05, 4.69) is 0 Å². The van der Waals surface area contributed by atoms with Gasteiger partial charge in [-0.2, -0.15) is 0 Å². The van der Waals surface area contributed by atoms with Crippen LogP contribution in [0.2, 0.25) is 0 Å². The van der Waals surface area contributed by atoms with Crippen LogP contribution in [0, 0.1) is 5.92 Å². The van der Waals surface area contributed by atoms with Gasteiger partial charge in [-0.3, -0.25) is 9.69 Å². The highest BCUT2D eigenvalue weighted by Gasteiger charge is 2.25. The zero-order valence-electron chi connectivity index (χ0n) is 7.65. The predicted octanol–water partition coefficient (Wildman–Crippen LogP) is 0.226. The van der Waals surface area contributed by atoms with Crippen LogP contribution >= 0.6 is 0 Å². The first-order valence-electron chi connectivity index (χ1n) is 3.83. The summed E-state index contributed by atoms with van der Waals surface area (Å²) in [4.78, 5) is 22.5. The first-order valence-corrected chi connectivity index (χ1v) is 3.83. The van der Waals surface area contributed by atoms with E-state index in [-0.39, 0.29) is 12.3 Å². The lowest BCUT2D eigenvalue weighted by atomic mass is 9.98. The fraction of sp³-hybridized carbons (Fsp3) is 0.750. The Morgan fingerprint density at radius 1 is 1.58 bits per heavy atom. The van der Waals surface area contributed by atoms with E-state index in [9.17, 15) is 9.59 Å². The zero-order valence-corrected chi connectivity index (χ0v) is 7.65. The minimum absolute atomic E-state index is 0.144. The van der Waals surface area contributed by atoms with Crippen molar-refractivity contribution in [1.82, 2.24) is 4.90 Å². The highest BCUT2D eigenvalue weighted by atomic mass is 16.4. The van der Waals surface area contributed by atoms with Gasteiger partial charge in [-0.1, -0.05) is 6.92 Å². The maximum Gasteiger partial charge on any atom is 0.321 e. The largest absolute Gasteiger partial charge is 0.480 e. The summed E-state index contributed by atoms with van der Waals surface area (Å²) in [7, 11) is 3.39. The Kier molecular flexibility index (Phi) is 4.51. The van der Waals surface area contributed by atoms with E-state index in [0.29, 0.717) is 0 Å². The summed E-state index contributed by atoms with van der Waals surface area (Å²) in [6.07, 6.45) is 1.04. The molecule has 0 aromatic rings. The number of carbonyl (C=O) groups excluding carboxylic acids is 1. The Balaban J connectivity index is 4.28. The number of hydrogen-bond donors (Lipinski definition) is 1. The molecule has 12 heavy (non-hydrogen) atoms. The summed E-state index contributed by atoms with van der Waals surface area (Å²) in [5, 5.41) is 8.78. The molecule has 0 aromatic heterocycles. The Morgan fingerprint density at radius 2 is 2.08 bits per heavy atom. The van der Waals surface area contributed by atoms with Crippen molar-refractivity contribution < 1.29 is 14.7 Å². The maximum atomic E-state index is 10.7. The Bertz CT molecular complexity index is 168. The molecule has 0 aliphatic heterocycles. The molecular formula is C8H15NO3. The van der Waals surface area contributed by atoms with Crippen molar-refractivity contribution in [3.05, 3.63) is 0 Å². The average molecular weight is 173 g/mol. The molecule has 0 saturated carbocycles. The molecule has 0 aromatic carbocycles. The number of carbonyl (C=O) groups is 2. The molecule has 0 bridgehead atoms. The third-order valence-electron chi connectivity index (χ3n) is 1.82. The molecule has 0 fully saturated rings. The number of carboxylic acid groups (broad SMARTS) is 1. The summed E-state index contributed by atoms with van der Waals surface area (Å²) in [6.45, 7) is 1.76. The third-order valence-corrected chi connectivity index (χ3v) is 1.82. The Hall–Kier alpha value is -0.900. The maximum absolute atomic E-state index is 10.7. The van der Waals surface area contributed by atoms with Crippen molar-refractivity contribution in [2.24, 2.45) is 5.92 Å². The summed E-state index contributed by atoms with van der Waals surface area (Å²) in [5.74, 6) is -1.02. The van der Waals surface area contributed by atoms with Crippen molar-refractivity contribution in [2.75, 3.05) is 14.1 Å². The number of nitrogens with zero attached hydrogens (tertiary/aromatic N) is 1. The number of carboxylic acids is 1. The fourth-order valence-electron chi connectivity index (χ4n) is 1.25. The third kappa shape index (κ3) is 3.00. The molecule has 0 aliphatic rings. The normalized spacial score (nSPS) is 15.7. The van der Waals surface area contributed by atoms with Crippen LogP contribution < -0.4 is 0 Å². The molecule has 4 heteroatoms. The van der Waals surface area contributed by atoms with Crippen LogP contribution in [0.4, 0.5) is 0 Å². The number of aldehydes is 1. The Labute approximate surface area is 72.2 Å². The average Bonchev–Trinajstić information content (AvgIpc) is 1.85. The van der Waals surface area contributed by atoms with Gasteiger partial charge in [-0.05, 0) is 20.0 Å². The van der Waals surface area contributed by atoms with Gasteiger partial charge < -0.3 is 9.90 Å². The lowest BCUT2D eigenvalue weighted by molar-refractivity contribution is -0.144. The second kappa shape index (κ2) is 4.87. The van der Waals surface area contributed by atoms with E-state index >= 15 is 0 Å². The molecule has 0 saturated heterocycles. The van der Waals surface area contributed by atoms with Gasteiger partial charge in [0, 0.05) is 6.42 Å². The van der Waals surface area contributed by atoms with Gasteiger partial charge in [-0.15, -0.1) is 0 Å². The highest BCUT2D eigenvalue weighted by Crippen LogP contribution is 2.11. The van der Waals surface area contributed by atoms with E-state index in [1.165, 1.54) is 0 Å². The smallest absolute Gasteiger partial charge is 0.321 e. The van der Waals surface area contributed by atoms with Crippen LogP contribution in [0.25, 0.3) is 0 Å². The zero-order chi connectivity index (χ0) is 9.72. The molecule has 0 heterocycles. The fourth-order valence-corrected chi connectivity index (χ4v) is 1.25. The van der Waals surface area contributed by atoms with E-state index in [1.807, 2.05) is 0 Å². The lowest BCUT2D eigenvalue weighted by Gasteiger charge is -2.24. The molecule has 2 unspecified atom stereocenters. The van der Waals surface area contributed by atoms with Gasteiger partial charge in [0.25, 0.3) is 0 Å². The van der Waals surface area contributed by atoms with E-state index < -0.39 is 12.0 Å². The van der Waals surface area contributed by atoms with Crippen molar-refractivity contribution in [3.63, 3.8) is 0 Å². The van der Waals surface area contributed by atoms with Gasteiger partial charge in [0.2, 0.25) is 0 Å². The standard InChI is InChI=1S/C8H15NO3/c1-6(4-5-10)7(8(11)12)9(2)3/h5-7H,4H2,1-3H3,(H,11,12). The molecule has 70 valence electrons. The second-order valence-electron chi connectivity index (χ2n) is 3.13. The van der Waals surface area contributed by atoms with Crippen LogP contribution in [0.1, 0.15) is 13.3 Å². The van der Waals surface area contributed by atoms with E-state index in [0.717, 1.165) is 6.29 Å². The molecule has 0 amide bonds. The summed E-state index contributed by atoms with van der Waals surface area (Å²) < 4.78 is 0. The molecule has 2 atom stereocenters. The molecule has 0 aliphatic carbocycles. The molecule has 0 spiro atoms. The summed E-state index contributed by atoms with van der Waals surface area (Å²) >= 11 is 0. The number of likely N-dealkylation sites (N-methyl/N-ethyl adjacent to an activating group) is 1. The van der Waals surface area contributed by atoms with Crippen LogP contribution in [-0.2, 0) is 9.59 Å². The number of rotatable bonds is 5. The number of hydrogen-bond acceptors (Lipinski definition) is 3. The highest BCUT2D eigenvalue weighted by molar-refractivity contribution is 5.74. The Morgan fingerprint density at radius 3 is 2.33 bits per heavy atom. The van der Waals surface area contributed by atoms with Crippen molar-refractivity contribution in [1.29, 1.82) is 0 Å². The van der Waals surface area contributed by atoms with Gasteiger partial charge in [0.1, 0.15) is 12.3 Å². The first kappa shape index (κ1) is 11.1. The lowest BCUT2D eigenvalue weighted by Crippen LogP contribution is -2.41. The van der Waals surface area contributed by atoms with E-state index in [1.54, 1.807) is 25.9 Å². The van der Waals surface area contributed by atoms with Crippen molar-refractivity contribution in [3.8, 4) is 0 Å². The van der Waals surface area contributed by atoms with Crippen LogP contribution in [0.15, 0.2) is 0 Å². The summed E-state index contributed by atoms with van der Waals surface area (Å²) in [6, 6.07) is -0.574. The molecular weight excluding hydrogens is 158 g/mol. The van der Waals surface area contributed by atoms with Crippen LogP contribution in [0.5, 0.6) is 0 Å². The van der Waals surface area contributed by atoms with Crippen molar-refractivity contribution in [2.45, 2.75) is 19.4 Å². The number of aliphatic carboxylic acids is 1. The molecule has 0 radical (unpaired) electrons. The monoisotopic (exact) mass is 173 g/mol. The molecule has 1 N–H and O–H groups in total. The SMILES string of the molecule is CC(CC=O)C(C(=O)O)N(C)C. The van der Waals surface area contributed by atoms with Crippen LogP contribution in [-0.4, -0.2) is 42.4 Å². The molecule has 0 rings (SSSR count). The van der Waals surface area contributed by atoms with Crippen molar-refractivity contribution >= 4 is 12.3 Å². The summed E-state index contributed by atoms with van der Waals surface area (Å²) in [5.41, 5.74) is 0. The van der Waals surface area contributed by atoms with Gasteiger partial charge >= 0.3 is 5.97 Å². The van der Waals surface area contributed by atoms with Crippen LogP contribution in [0.3, 0.4) is 0 Å². The minimum Gasteiger partial charge on any atom is -0.480 e. The second-order valence-corrected chi connectivity index (χ2v) is 3.13.